The van der Waals surface area contributed by atoms with Crippen molar-refractivity contribution in [3.05, 3.63) is 71.6 Å². The molecule has 0 radical (unpaired) electrons. The Labute approximate surface area is 195 Å². The van der Waals surface area contributed by atoms with Crippen molar-refractivity contribution < 1.29 is 8.78 Å². The summed E-state index contributed by atoms with van der Waals surface area (Å²) in [6.07, 6.45) is 4.58. The molecule has 0 bridgehead atoms. The van der Waals surface area contributed by atoms with Crippen LogP contribution >= 0.6 is 0 Å². The topological polar surface area (TPSA) is 24.4 Å². The molecule has 3 unspecified atom stereocenters. The molecule has 0 spiro atoms. The van der Waals surface area contributed by atoms with Crippen molar-refractivity contribution in [1.82, 2.24) is 5.32 Å². The summed E-state index contributed by atoms with van der Waals surface area (Å²) < 4.78 is 26.1. The molecule has 0 aromatic heterocycles. The van der Waals surface area contributed by atoms with Gasteiger partial charge in [-0.15, -0.1) is 0 Å². The number of aryl methyl sites for hydroxylation is 1. The van der Waals surface area contributed by atoms with Crippen LogP contribution < -0.4 is 5.32 Å². The smallest absolute Gasteiger partial charge is 0.245 e. The Morgan fingerprint density at radius 1 is 1.25 bits per heavy atom. The van der Waals surface area contributed by atoms with Crippen molar-refractivity contribution in [3.63, 3.8) is 0 Å². The van der Waals surface area contributed by atoms with Gasteiger partial charge in [0.15, 0.2) is 0 Å². The molecule has 1 aliphatic rings. The maximum Gasteiger partial charge on any atom is 0.245 e. The second kappa shape index (κ2) is 14.8. The van der Waals surface area contributed by atoms with Gasteiger partial charge in [0.2, 0.25) is 5.92 Å². The predicted molar refractivity (Wildman–Crippen MR) is 138 cm³/mol. The van der Waals surface area contributed by atoms with Crippen LogP contribution in [0.3, 0.4) is 0 Å². The second-order valence-electron chi connectivity index (χ2n) is 7.94. The monoisotopic (exact) mass is 446 g/mol. The highest BCUT2D eigenvalue weighted by molar-refractivity contribution is 5.80. The normalized spacial score (nSPS) is 18.6. The molecule has 1 aromatic rings. The van der Waals surface area contributed by atoms with Gasteiger partial charge < -0.3 is 5.32 Å². The molecule has 1 aliphatic carbocycles. The van der Waals surface area contributed by atoms with Crippen molar-refractivity contribution in [3.8, 4) is 0 Å². The molecule has 2 rings (SSSR count). The van der Waals surface area contributed by atoms with Crippen molar-refractivity contribution in [2.24, 2.45) is 10.9 Å². The summed E-state index contributed by atoms with van der Waals surface area (Å²) in [5.74, 6) is -1.71. The highest BCUT2D eigenvalue weighted by Gasteiger charge is 2.40. The summed E-state index contributed by atoms with van der Waals surface area (Å²) in [5.41, 5.74) is 5.11. The Morgan fingerprint density at radius 3 is 2.41 bits per heavy atom. The molecule has 0 amide bonds. The summed E-state index contributed by atoms with van der Waals surface area (Å²) in [4.78, 5) is 4.34. The van der Waals surface area contributed by atoms with Crippen molar-refractivity contribution >= 4 is 6.21 Å². The van der Waals surface area contributed by atoms with Crippen LogP contribution in [0.4, 0.5) is 8.78 Å². The Morgan fingerprint density at radius 2 is 1.88 bits per heavy atom. The number of aliphatic imine (C=N–C) groups is 1. The maximum absolute atomic E-state index is 13.0. The van der Waals surface area contributed by atoms with E-state index in [1.54, 1.807) is 12.3 Å². The van der Waals surface area contributed by atoms with Gasteiger partial charge in [-0.05, 0) is 57.6 Å². The lowest BCUT2D eigenvalue weighted by Crippen LogP contribution is -2.28. The molecular weight excluding hydrogens is 402 g/mol. The standard InChI is InChI=1S/C24H32F2N2.2C2H6/c1-7-21(11-12-24(6,25)26)27-15-17(3)18(4)28-19(5)22-14-23(22)20-10-8-9-16(2)13-20;2*1-2/h7-10,13,15,18,22-23,28H,3,5,11-12,14H2,1-2,4,6H3;2*1-2H3/b21-7-,27-15?;;. The lowest BCUT2D eigenvalue weighted by molar-refractivity contribution is 0.0132. The fourth-order valence-electron chi connectivity index (χ4n) is 3.24. The van der Waals surface area contributed by atoms with E-state index in [1.807, 2.05) is 41.5 Å². The second-order valence-corrected chi connectivity index (χ2v) is 7.94. The van der Waals surface area contributed by atoms with Crippen LogP contribution in [0, 0.1) is 12.8 Å². The quantitative estimate of drug-likeness (QED) is 0.357. The van der Waals surface area contributed by atoms with Gasteiger partial charge in [0.05, 0.1) is 0 Å². The predicted octanol–water partition coefficient (Wildman–Crippen LogP) is 8.61. The average molecular weight is 447 g/mol. The number of nitrogens with one attached hydrogen (secondary N) is 1. The fourth-order valence-corrected chi connectivity index (χ4v) is 3.24. The van der Waals surface area contributed by atoms with Crippen LogP contribution in [0.25, 0.3) is 0 Å². The summed E-state index contributed by atoms with van der Waals surface area (Å²) in [5, 5.41) is 3.43. The zero-order chi connectivity index (χ0) is 24.9. The Kier molecular flexibility index (Phi) is 13.7. The Bertz CT molecular complexity index is 772. The first-order chi connectivity index (χ1) is 15.1. The number of hydrogen-bond donors (Lipinski definition) is 1. The van der Waals surface area contributed by atoms with E-state index in [9.17, 15) is 8.78 Å². The van der Waals surface area contributed by atoms with E-state index in [-0.39, 0.29) is 18.9 Å². The molecule has 2 nitrogen and oxygen atoms in total. The van der Waals surface area contributed by atoms with E-state index in [2.05, 4.69) is 54.7 Å². The number of nitrogens with zero attached hydrogens (tertiary/aromatic N) is 1. The number of halogens is 2. The fraction of sp³-hybridized carbons (Fsp3) is 0.536. The van der Waals surface area contributed by atoms with Crippen LogP contribution in [-0.2, 0) is 0 Å². The van der Waals surface area contributed by atoms with Gasteiger partial charge in [-0.2, -0.15) is 0 Å². The van der Waals surface area contributed by atoms with Gasteiger partial charge in [0.1, 0.15) is 0 Å². The van der Waals surface area contributed by atoms with Gasteiger partial charge in [0, 0.05) is 36.0 Å². The number of hydrogen-bond acceptors (Lipinski definition) is 2. The highest BCUT2D eigenvalue weighted by atomic mass is 19.3. The Balaban J connectivity index is 0.00000227. The lowest BCUT2D eigenvalue weighted by Gasteiger charge is -2.18. The van der Waals surface area contributed by atoms with Crippen molar-refractivity contribution in [2.75, 3.05) is 0 Å². The maximum atomic E-state index is 13.0. The first kappa shape index (κ1) is 29.8. The van der Waals surface area contributed by atoms with Crippen LogP contribution in [0.15, 0.2) is 65.5 Å². The zero-order valence-corrected chi connectivity index (χ0v) is 21.4. The van der Waals surface area contributed by atoms with Crippen molar-refractivity contribution in [1.29, 1.82) is 0 Å². The molecule has 0 aliphatic heterocycles. The minimum Gasteiger partial charge on any atom is -0.382 e. The van der Waals surface area contributed by atoms with E-state index in [0.717, 1.165) is 24.6 Å². The summed E-state index contributed by atoms with van der Waals surface area (Å²) >= 11 is 0. The first-order valence-corrected chi connectivity index (χ1v) is 11.9. The summed E-state index contributed by atoms with van der Waals surface area (Å²) in [6, 6.07) is 8.62. The van der Waals surface area contributed by atoms with E-state index in [1.165, 1.54) is 11.1 Å². The molecule has 1 fully saturated rings. The molecular formula is C28H44F2N2. The third-order valence-corrected chi connectivity index (χ3v) is 5.22. The molecule has 1 aromatic carbocycles. The number of allylic oxidation sites excluding steroid dienone is 3. The summed E-state index contributed by atoms with van der Waals surface area (Å²) in [6.45, 7) is 23.1. The Hall–Kier alpha value is -2.23. The van der Waals surface area contributed by atoms with Crippen molar-refractivity contribution in [2.45, 2.75) is 92.5 Å². The highest BCUT2D eigenvalue weighted by Crippen LogP contribution is 2.50. The van der Waals surface area contributed by atoms with E-state index < -0.39 is 5.92 Å². The molecule has 1 saturated carbocycles. The van der Waals surface area contributed by atoms with Crippen LogP contribution in [0.2, 0.25) is 0 Å². The van der Waals surface area contributed by atoms with Gasteiger partial charge in [-0.25, -0.2) is 8.78 Å². The SMILES string of the molecule is C=C(C=N/C(=C\C)CCC(C)(F)F)C(C)NC(=C)C1CC1c1cccc(C)c1.CC.CC. The third kappa shape index (κ3) is 10.9. The summed E-state index contributed by atoms with van der Waals surface area (Å²) in [7, 11) is 0. The molecule has 180 valence electrons. The van der Waals surface area contributed by atoms with Gasteiger partial charge in [-0.3, -0.25) is 4.99 Å². The molecule has 4 heteroatoms. The van der Waals surface area contributed by atoms with Crippen LogP contribution in [0.5, 0.6) is 0 Å². The largest absolute Gasteiger partial charge is 0.382 e. The van der Waals surface area contributed by atoms with E-state index >= 15 is 0 Å². The van der Waals surface area contributed by atoms with Gasteiger partial charge in [0.25, 0.3) is 0 Å². The van der Waals surface area contributed by atoms with Gasteiger partial charge >= 0.3 is 0 Å². The minimum absolute atomic E-state index is 0.0132. The van der Waals surface area contributed by atoms with Gasteiger partial charge in [-0.1, -0.05) is 76.8 Å². The zero-order valence-electron chi connectivity index (χ0n) is 21.4. The molecule has 3 atom stereocenters. The molecule has 0 heterocycles. The molecule has 0 saturated heterocycles. The lowest BCUT2D eigenvalue weighted by atomic mass is 10.1. The number of rotatable bonds is 10. The van der Waals surface area contributed by atoms with Crippen LogP contribution in [-0.4, -0.2) is 18.2 Å². The minimum atomic E-state index is -2.68. The number of alkyl halides is 2. The van der Waals surface area contributed by atoms with Crippen LogP contribution in [0.1, 0.15) is 84.8 Å². The van der Waals surface area contributed by atoms with E-state index in [0.29, 0.717) is 17.5 Å². The third-order valence-electron chi connectivity index (χ3n) is 5.22. The molecule has 1 N–H and O–H groups in total. The average Bonchev–Trinajstić information content (AvgIpc) is 3.57. The number of benzene rings is 1. The first-order valence-electron chi connectivity index (χ1n) is 11.9. The van der Waals surface area contributed by atoms with E-state index in [4.69, 9.17) is 0 Å². The molecule has 32 heavy (non-hydrogen) atoms.